The lowest BCUT2D eigenvalue weighted by molar-refractivity contribution is 0.423. The highest BCUT2D eigenvalue weighted by molar-refractivity contribution is 9.10. The second-order valence-corrected chi connectivity index (χ2v) is 5.47. The van der Waals surface area contributed by atoms with Gasteiger partial charge in [0.1, 0.15) is 0 Å². The molecule has 0 bridgehead atoms. The van der Waals surface area contributed by atoms with E-state index in [0.717, 1.165) is 34.7 Å². The fourth-order valence-electron chi connectivity index (χ4n) is 1.90. The Kier molecular flexibility index (Phi) is 4.77. The predicted molar refractivity (Wildman–Crippen MR) is 81.1 cm³/mol. The van der Waals surface area contributed by atoms with Gasteiger partial charge in [0.25, 0.3) is 0 Å². The van der Waals surface area contributed by atoms with Gasteiger partial charge < -0.3 is 9.73 Å². The fraction of sp³-hybridized carbons (Fsp3) is 0.400. The summed E-state index contributed by atoms with van der Waals surface area (Å²) in [5.41, 5.74) is 2.23. The molecular weight excluding hydrogens is 304 g/mol. The van der Waals surface area contributed by atoms with E-state index in [1.165, 1.54) is 5.56 Å². The third-order valence-corrected chi connectivity index (χ3v) is 4.10. The molecule has 0 saturated heterocycles. The maximum absolute atomic E-state index is 5.86. The Balaban J connectivity index is 2.23. The van der Waals surface area contributed by atoms with Crippen LogP contribution in [0.3, 0.4) is 0 Å². The summed E-state index contributed by atoms with van der Waals surface area (Å²) >= 11 is 3.60. The number of rotatable bonds is 5. The van der Waals surface area contributed by atoms with Crippen LogP contribution in [-0.2, 0) is 0 Å². The molecular formula is C15H19BrN2O. The van der Waals surface area contributed by atoms with Gasteiger partial charge in [-0.15, -0.1) is 0 Å². The van der Waals surface area contributed by atoms with Gasteiger partial charge in [-0.2, -0.15) is 0 Å². The third-order valence-electron chi connectivity index (χ3n) is 3.05. The lowest BCUT2D eigenvalue weighted by atomic mass is 10.1. The predicted octanol–water partition coefficient (Wildman–Crippen LogP) is 4.47. The van der Waals surface area contributed by atoms with Crippen LogP contribution in [0.1, 0.15) is 37.8 Å². The van der Waals surface area contributed by atoms with Crippen molar-refractivity contribution in [1.29, 1.82) is 0 Å². The van der Waals surface area contributed by atoms with Crippen LogP contribution in [0.2, 0.25) is 0 Å². The van der Waals surface area contributed by atoms with Gasteiger partial charge in [0.15, 0.2) is 5.76 Å². The van der Waals surface area contributed by atoms with Gasteiger partial charge in [0.05, 0.1) is 12.2 Å². The van der Waals surface area contributed by atoms with Gasteiger partial charge in [-0.05, 0) is 48.3 Å². The second-order valence-electron chi connectivity index (χ2n) is 4.68. The quantitative estimate of drug-likeness (QED) is 0.882. The molecule has 0 aliphatic rings. The summed E-state index contributed by atoms with van der Waals surface area (Å²) in [5, 5.41) is 3.37. The number of oxazole rings is 1. The minimum atomic E-state index is 0.136. The van der Waals surface area contributed by atoms with Crippen molar-refractivity contribution in [2.24, 2.45) is 0 Å². The fourth-order valence-corrected chi connectivity index (χ4v) is 2.36. The first-order valence-corrected chi connectivity index (χ1v) is 7.37. The van der Waals surface area contributed by atoms with Crippen LogP contribution in [0.25, 0.3) is 11.3 Å². The van der Waals surface area contributed by atoms with Crippen LogP contribution in [0.5, 0.6) is 0 Å². The molecule has 0 radical (unpaired) electrons. The van der Waals surface area contributed by atoms with Crippen molar-refractivity contribution in [2.45, 2.75) is 33.2 Å². The number of aryl methyl sites for hydroxylation is 1. The lowest BCUT2D eigenvalue weighted by Crippen LogP contribution is -2.19. The molecule has 0 fully saturated rings. The van der Waals surface area contributed by atoms with Gasteiger partial charge >= 0.3 is 0 Å². The van der Waals surface area contributed by atoms with Crippen molar-refractivity contribution < 1.29 is 4.42 Å². The lowest BCUT2D eigenvalue weighted by Gasteiger charge is -2.08. The zero-order chi connectivity index (χ0) is 13.8. The summed E-state index contributed by atoms with van der Waals surface area (Å²) < 4.78 is 6.92. The average Bonchev–Trinajstić information content (AvgIpc) is 2.88. The number of nitrogens with zero attached hydrogens (tertiary/aromatic N) is 1. The molecule has 3 nitrogen and oxygen atoms in total. The summed E-state index contributed by atoms with van der Waals surface area (Å²) in [7, 11) is 0. The van der Waals surface area contributed by atoms with Gasteiger partial charge in [-0.3, -0.25) is 0 Å². The van der Waals surface area contributed by atoms with Crippen molar-refractivity contribution in [3.05, 3.63) is 40.3 Å². The molecule has 0 saturated carbocycles. The molecule has 19 heavy (non-hydrogen) atoms. The molecule has 2 aromatic rings. The normalized spacial score (nSPS) is 12.6. The Bertz CT molecular complexity index is 551. The van der Waals surface area contributed by atoms with Crippen molar-refractivity contribution in [3.63, 3.8) is 0 Å². The smallest absolute Gasteiger partial charge is 0.211 e. The van der Waals surface area contributed by atoms with Gasteiger partial charge in [-0.25, -0.2) is 4.98 Å². The zero-order valence-corrected chi connectivity index (χ0v) is 13.1. The molecule has 4 heteroatoms. The van der Waals surface area contributed by atoms with E-state index in [-0.39, 0.29) is 6.04 Å². The van der Waals surface area contributed by atoms with E-state index in [1.54, 1.807) is 6.20 Å². The highest BCUT2D eigenvalue weighted by atomic mass is 79.9. The van der Waals surface area contributed by atoms with E-state index < -0.39 is 0 Å². The molecule has 1 aromatic heterocycles. The number of nitrogens with one attached hydrogen (secondary N) is 1. The van der Waals surface area contributed by atoms with Crippen molar-refractivity contribution in [2.75, 3.05) is 6.54 Å². The van der Waals surface area contributed by atoms with Crippen molar-refractivity contribution in [3.8, 4) is 11.3 Å². The monoisotopic (exact) mass is 322 g/mol. The SMILES string of the molecule is CCCNC(C)c1ncc(-c2cccc(C)c2Br)o1. The minimum Gasteiger partial charge on any atom is -0.439 e. The number of aromatic nitrogens is 1. The Morgan fingerprint density at radius 1 is 1.42 bits per heavy atom. The summed E-state index contributed by atoms with van der Waals surface area (Å²) in [4.78, 5) is 4.37. The molecule has 0 aliphatic heterocycles. The maximum Gasteiger partial charge on any atom is 0.211 e. The molecule has 1 aromatic carbocycles. The number of hydrogen-bond donors (Lipinski definition) is 1. The van der Waals surface area contributed by atoms with Crippen molar-refractivity contribution >= 4 is 15.9 Å². The van der Waals surface area contributed by atoms with E-state index >= 15 is 0 Å². The van der Waals surface area contributed by atoms with Crippen LogP contribution >= 0.6 is 15.9 Å². The Hall–Kier alpha value is -1.13. The number of halogens is 1. The number of hydrogen-bond acceptors (Lipinski definition) is 3. The Labute approximate surface area is 122 Å². The summed E-state index contributed by atoms with van der Waals surface area (Å²) in [6.07, 6.45) is 2.89. The van der Waals surface area contributed by atoms with Crippen molar-refractivity contribution in [1.82, 2.24) is 10.3 Å². The van der Waals surface area contributed by atoms with E-state index in [2.05, 4.69) is 53.1 Å². The standard InChI is InChI=1S/C15H19BrN2O/c1-4-8-17-11(3)15-18-9-13(19-15)12-7-5-6-10(2)14(12)16/h5-7,9,11,17H,4,8H2,1-3H3. The van der Waals surface area contributed by atoms with Crippen LogP contribution in [-0.4, -0.2) is 11.5 Å². The van der Waals surface area contributed by atoms with Gasteiger partial charge in [-0.1, -0.05) is 25.1 Å². The first-order valence-electron chi connectivity index (χ1n) is 6.58. The van der Waals surface area contributed by atoms with Gasteiger partial charge in [0.2, 0.25) is 5.89 Å². The highest BCUT2D eigenvalue weighted by Gasteiger charge is 2.14. The van der Waals surface area contributed by atoms with E-state index in [4.69, 9.17) is 4.42 Å². The molecule has 0 spiro atoms. The first-order chi connectivity index (χ1) is 9.13. The Morgan fingerprint density at radius 3 is 2.95 bits per heavy atom. The zero-order valence-electron chi connectivity index (χ0n) is 11.5. The second kappa shape index (κ2) is 6.35. The Morgan fingerprint density at radius 2 is 2.21 bits per heavy atom. The summed E-state index contributed by atoms with van der Waals surface area (Å²) in [6.45, 7) is 7.24. The van der Waals surface area contributed by atoms with Crippen LogP contribution in [0.4, 0.5) is 0 Å². The molecule has 0 aliphatic carbocycles. The van der Waals surface area contributed by atoms with E-state index in [1.807, 2.05) is 12.1 Å². The summed E-state index contributed by atoms with van der Waals surface area (Å²) in [5.74, 6) is 1.53. The summed E-state index contributed by atoms with van der Waals surface area (Å²) in [6, 6.07) is 6.26. The van der Waals surface area contributed by atoms with E-state index in [9.17, 15) is 0 Å². The number of benzene rings is 1. The molecule has 2 rings (SSSR count). The van der Waals surface area contributed by atoms with Crippen LogP contribution in [0, 0.1) is 6.92 Å². The van der Waals surface area contributed by atoms with Crippen LogP contribution < -0.4 is 5.32 Å². The third kappa shape index (κ3) is 3.25. The van der Waals surface area contributed by atoms with Crippen LogP contribution in [0.15, 0.2) is 33.3 Å². The largest absolute Gasteiger partial charge is 0.439 e. The molecule has 1 unspecified atom stereocenters. The average molecular weight is 323 g/mol. The highest BCUT2D eigenvalue weighted by Crippen LogP contribution is 2.31. The molecule has 1 N–H and O–H groups in total. The first kappa shape index (κ1) is 14.3. The van der Waals surface area contributed by atoms with E-state index in [0.29, 0.717) is 0 Å². The minimum absolute atomic E-state index is 0.136. The molecule has 1 atom stereocenters. The molecule has 102 valence electrons. The topological polar surface area (TPSA) is 38.1 Å². The molecule has 0 amide bonds. The molecule has 1 heterocycles. The maximum atomic E-state index is 5.86. The van der Waals surface area contributed by atoms with Gasteiger partial charge in [0, 0.05) is 10.0 Å².